The van der Waals surface area contributed by atoms with Crippen molar-refractivity contribution in [3.8, 4) is 6.07 Å². The fraction of sp³-hybridized carbons (Fsp3) is 0.111. The molecule has 2 N–H and O–H groups in total. The molecule has 0 saturated heterocycles. The molecular formula is C9H7ClN2O2. The Hall–Kier alpha value is -1.73. The van der Waals surface area contributed by atoms with E-state index in [2.05, 4.69) is 5.32 Å². The summed E-state index contributed by atoms with van der Waals surface area (Å²) in [5.74, 6) is 0. The Labute approximate surface area is 85.7 Å². The van der Waals surface area contributed by atoms with Crippen LogP contribution in [0.3, 0.4) is 0 Å². The van der Waals surface area contributed by atoms with E-state index in [1.807, 2.05) is 6.07 Å². The Bertz CT molecular complexity index is 398. The highest BCUT2D eigenvalue weighted by Crippen LogP contribution is 2.15. The maximum atomic E-state index is 10.2. The van der Waals surface area contributed by atoms with E-state index in [0.29, 0.717) is 16.1 Å². The summed E-state index contributed by atoms with van der Waals surface area (Å²) in [4.78, 5) is 10.2. The number of nitriles is 1. The summed E-state index contributed by atoms with van der Waals surface area (Å²) in [5.41, 5.74) is 0.991. The van der Waals surface area contributed by atoms with Crippen molar-refractivity contribution in [2.24, 2.45) is 0 Å². The Morgan fingerprint density at radius 3 is 2.93 bits per heavy atom. The molecule has 1 aromatic carbocycles. The maximum Gasteiger partial charge on any atom is 0.404 e. The van der Waals surface area contributed by atoms with E-state index in [-0.39, 0.29) is 6.54 Å². The topological polar surface area (TPSA) is 73.1 Å². The van der Waals surface area contributed by atoms with Crippen molar-refractivity contribution in [1.82, 2.24) is 5.32 Å². The van der Waals surface area contributed by atoms with E-state index < -0.39 is 6.09 Å². The van der Waals surface area contributed by atoms with Crippen LogP contribution in [-0.4, -0.2) is 11.2 Å². The lowest BCUT2D eigenvalue weighted by Gasteiger charge is -2.03. The lowest BCUT2D eigenvalue weighted by Crippen LogP contribution is -2.20. The Morgan fingerprint density at radius 2 is 2.36 bits per heavy atom. The van der Waals surface area contributed by atoms with Crippen molar-refractivity contribution in [3.05, 3.63) is 34.3 Å². The molecule has 0 heterocycles. The number of halogens is 1. The number of carbonyl (C=O) groups is 1. The molecule has 14 heavy (non-hydrogen) atoms. The third kappa shape index (κ3) is 2.64. The van der Waals surface area contributed by atoms with Crippen LogP contribution >= 0.6 is 11.6 Å². The molecule has 1 rings (SSSR count). The smallest absolute Gasteiger partial charge is 0.404 e. The van der Waals surface area contributed by atoms with Crippen LogP contribution in [0.25, 0.3) is 0 Å². The van der Waals surface area contributed by atoms with E-state index in [1.165, 1.54) is 0 Å². The monoisotopic (exact) mass is 210 g/mol. The van der Waals surface area contributed by atoms with E-state index in [0.717, 1.165) is 0 Å². The fourth-order valence-electron chi connectivity index (χ4n) is 0.988. The number of hydrogen-bond donors (Lipinski definition) is 2. The van der Waals surface area contributed by atoms with Gasteiger partial charge in [0.1, 0.15) is 0 Å². The van der Waals surface area contributed by atoms with Gasteiger partial charge in [0.15, 0.2) is 0 Å². The van der Waals surface area contributed by atoms with Gasteiger partial charge in [-0.1, -0.05) is 11.6 Å². The number of nitrogens with one attached hydrogen (secondary N) is 1. The summed E-state index contributed by atoms with van der Waals surface area (Å²) in [6, 6.07) is 6.66. The third-order valence-electron chi connectivity index (χ3n) is 1.62. The van der Waals surface area contributed by atoms with Crippen molar-refractivity contribution >= 4 is 17.7 Å². The van der Waals surface area contributed by atoms with Crippen molar-refractivity contribution < 1.29 is 9.90 Å². The van der Waals surface area contributed by atoms with E-state index >= 15 is 0 Å². The highest BCUT2D eigenvalue weighted by molar-refractivity contribution is 6.30. The van der Waals surface area contributed by atoms with E-state index in [4.69, 9.17) is 22.0 Å². The summed E-state index contributed by atoms with van der Waals surface area (Å²) < 4.78 is 0. The molecule has 0 spiro atoms. The average molecular weight is 211 g/mol. The molecule has 0 saturated carbocycles. The maximum absolute atomic E-state index is 10.2. The lowest BCUT2D eigenvalue weighted by atomic mass is 10.1. The van der Waals surface area contributed by atoms with Crippen LogP contribution in [0.1, 0.15) is 11.1 Å². The zero-order chi connectivity index (χ0) is 10.6. The van der Waals surface area contributed by atoms with Gasteiger partial charge >= 0.3 is 6.09 Å². The van der Waals surface area contributed by atoms with Crippen molar-refractivity contribution in [1.29, 1.82) is 5.26 Å². The second-order valence-corrected chi connectivity index (χ2v) is 3.01. The molecule has 5 heteroatoms. The van der Waals surface area contributed by atoms with Crippen molar-refractivity contribution in [2.75, 3.05) is 0 Å². The Morgan fingerprint density at radius 1 is 1.64 bits per heavy atom. The molecule has 72 valence electrons. The molecule has 0 aromatic heterocycles. The standard InChI is InChI=1S/C9H7ClN2O2/c10-8-2-1-6(4-11)7(3-8)5-12-9(13)14/h1-3,12H,5H2,(H,13,14). The zero-order valence-electron chi connectivity index (χ0n) is 7.12. The molecule has 1 amide bonds. The molecule has 0 atom stereocenters. The van der Waals surface area contributed by atoms with E-state index in [9.17, 15) is 4.79 Å². The van der Waals surface area contributed by atoms with Gasteiger partial charge in [0.05, 0.1) is 11.6 Å². The number of benzene rings is 1. The second kappa shape index (κ2) is 4.49. The molecule has 0 fully saturated rings. The number of rotatable bonds is 2. The lowest BCUT2D eigenvalue weighted by molar-refractivity contribution is 0.194. The van der Waals surface area contributed by atoms with Gasteiger partial charge in [-0.15, -0.1) is 0 Å². The Kier molecular flexibility index (Phi) is 3.32. The van der Waals surface area contributed by atoms with Gasteiger partial charge < -0.3 is 10.4 Å². The van der Waals surface area contributed by atoms with Crippen LogP contribution in [0.2, 0.25) is 5.02 Å². The molecule has 1 aromatic rings. The van der Waals surface area contributed by atoms with Crippen LogP contribution in [0.5, 0.6) is 0 Å². The molecule has 0 unspecified atom stereocenters. The summed E-state index contributed by atoms with van der Waals surface area (Å²) >= 11 is 5.70. The van der Waals surface area contributed by atoms with Gasteiger partial charge in [0.25, 0.3) is 0 Å². The molecular weight excluding hydrogens is 204 g/mol. The Balaban J connectivity index is 2.89. The van der Waals surface area contributed by atoms with Crippen LogP contribution in [0.4, 0.5) is 4.79 Å². The minimum Gasteiger partial charge on any atom is -0.465 e. The number of hydrogen-bond acceptors (Lipinski definition) is 2. The first-order valence-corrected chi connectivity index (χ1v) is 4.16. The summed E-state index contributed by atoms with van der Waals surface area (Å²) in [6.45, 7) is 0.0821. The summed E-state index contributed by atoms with van der Waals surface area (Å²) in [5, 5.41) is 19.7. The first kappa shape index (κ1) is 10.4. The van der Waals surface area contributed by atoms with Gasteiger partial charge in [0, 0.05) is 11.6 Å². The van der Waals surface area contributed by atoms with Crippen LogP contribution in [0.15, 0.2) is 18.2 Å². The molecule has 0 aliphatic heterocycles. The minimum atomic E-state index is -1.13. The summed E-state index contributed by atoms with van der Waals surface area (Å²) in [7, 11) is 0. The largest absolute Gasteiger partial charge is 0.465 e. The molecule has 0 radical (unpaired) electrons. The van der Waals surface area contributed by atoms with Gasteiger partial charge in [-0.25, -0.2) is 4.79 Å². The number of carboxylic acid groups (broad SMARTS) is 1. The number of amides is 1. The molecule has 0 bridgehead atoms. The number of nitrogens with zero attached hydrogens (tertiary/aromatic N) is 1. The van der Waals surface area contributed by atoms with Crippen LogP contribution in [0, 0.1) is 11.3 Å². The first-order valence-electron chi connectivity index (χ1n) is 3.79. The van der Waals surface area contributed by atoms with Gasteiger partial charge in [-0.3, -0.25) is 0 Å². The highest BCUT2D eigenvalue weighted by Gasteiger charge is 2.03. The zero-order valence-corrected chi connectivity index (χ0v) is 7.88. The van der Waals surface area contributed by atoms with Gasteiger partial charge in [-0.05, 0) is 23.8 Å². The second-order valence-electron chi connectivity index (χ2n) is 2.57. The first-order chi connectivity index (χ1) is 6.63. The third-order valence-corrected chi connectivity index (χ3v) is 1.85. The van der Waals surface area contributed by atoms with E-state index in [1.54, 1.807) is 18.2 Å². The minimum absolute atomic E-state index is 0.0821. The van der Waals surface area contributed by atoms with Crippen molar-refractivity contribution in [3.63, 3.8) is 0 Å². The average Bonchev–Trinajstić information content (AvgIpc) is 2.15. The molecule has 0 aliphatic rings. The predicted molar refractivity (Wildman–Crippen MR) is 51.0 cm³/mol. The van der Waals surface area contributed by atoms with Gasteiger partial charge in [0.2, 0.25) is 0 Å². The van der Waals surface area contributed by atoms with Crippen LogP contribution < -0.4 is 5.32 Å². The molecule has 0 aliphatic carbocycles. The van der Waals surface area contributed by atoms with Crippen LogP contribution in [-0.2, 0) is 6.54 Å². The summed E-state index contributed by atoms with van der Waals surface area (Å²) in [6.07, 6.45) is -1.13. The quantitative estimate of drug-likeness (QED) is 0.784. The fourth-order valence-corrected chi connectivity index (χ4v) is 1.18. The van der Waals surface area contributed by atoms with Gasteiger partial charge in [-0.2, -0.15) is 5.26 Å². The normalized spacial score (nSPS) is 9.14. The SMILES string of the molecule is N#Cc1ccc(Cl)cc1CNC(=O)O. The predicted octanol–water partition coefficient (Wildman–Crippen LogP) is 1.98. The molecule has 4 nitrogen and oxygen atoms in total. The highest BCUT2D eigenvalue weighted by atomic mass is 35.5. The van der Waals surface area contributed by atoms with Crippen molar-refractivity contribution in [2.45, 2.75) is 6.54 Å².